The second-order valence-corrected chi connectivity index (χ2v) is 4.97. The smallest absolute Gasteiger partial charge is 0.115 e. The molecule has 0 aliphatic rings. The molecule has 102 valence electrons. The fraction of sp³-hybridized carbons (Fsp3) is 0.625. The van der Waals surface area contributed by atoms with Crippen LogP contribution in [-0.2, 0) is 6.42 Å². The molecule has 0 saturated carbocycles. The normalized spacial score (nSPS) is 11.1. The van der Waals surface area contributed by atoms with E-state index in [0.717, 1.165) is 13.0 Å². The standard InChI is InChI=1S/C16H27NO/c1-3-5-12-17(13-6-4-2)14-11-15-7-9-16(18)10-8-15/h7-10,18H,3-6,11-14H2,1-2H3. The van der Waals surface area contributed by atoms with Crippen molar-refractivity contribution in [2.75, 3.05) is 19.6 Å². The molecule has 0 atom stereocenters. The van der Waals surface area contributed by atoms with Crippen molar-refractivity contribution in [2.24, 2.45) is 0 Å². The van der Waals surface area contributed by atoms with Crippen LogP contribution in [0.15, 0.2) is 24.3 Å². The molecule has 0 amide bonds. The summed E-state index contributed by atoms with van der Waals surface area (Å²) in [5.74, 6) is 0.354. The minimum atomic E-state index is 0.354. The van der Waals surface area contributed by atoms with Crippen LogP contribution in [-0.4, -0.2) is 29.6 Å². The predicted octanol–water partition coefficient (Wildman–Crippen LogP) is 3.84. The van der Waals surface area contributed by atoms with Gasteiger partial charge in [0.25, 0.3) is 0 Å². The van der Waals surface area contributed by atoms with Crippen molar-refractivity contribution in [2.45, 2.75) is 46.0 Å². The Balaban J connectivity index is 2.37. The van der Waals surface area contributed by atoms with Gasteiger partial charge >= 0.3 is 0 Å². The van der Waals surface area contributed by atoms with E-state index in [1.807, 2.05) is 12.1 Å². The largest absolute Gasteiger partial charge is 0.508 e. The Bertz CT molecular complexity index is 299. The molecule has 1 N–H and O–H groups in total. The average molecular weight is 249 g/mol. The van der Waals surface area contributed by atoms with E-state index in [-0.39, 0.29) is 0 Å². The molecule has 0 aliphatic carbocycles. The monoisotopic (exact) mass is 249 g/mol. The van der Waals surface area contributed by atoms with Crippen molar-refractivity contribution in [1.29, 1.82) is 0 Å². The van der Waals surface area contributed by atoms with Crippen LogP contribution in [0.3, 0.4) is 0 Å². The van der Waals surface area contributed by atoms with Gasteiger partial charge in [0.15, 0.2) is 0 Å². The van der Waals surface area contributed by atoms with Gasteiger partial charge in [0.1, 0.15) is 5.75 Å². The lowest BCUT2D eigenvalue weighted by Crippen LogP contribution is -2.28. The first kappa shape index (κ1) is 15.0. The number of hydrogen-bond donors (Lipinski definition) is 1. The molecule has 1 aromatic rings. The summed E-state index contributed by atoms with van der Waals surface area (Å²) in [5, 5.41) is 9.26. The number of unbranched alkanes of at least 4 members (excludes halogenated alkanes) is 2. The van der Waals surface area contributed by atoms with Crippen LogP contribution in [0.2, 0.25) is 0 Å². The summed E-state index contributed by atoms with van der Waals surface area (Å²) in [4.78, 5) is 2.57. The zero-order chi connectivity index (χ0) is 13.2. The Kier molecular flexibility index (Phi) is 7.51. The molecule has 0 spiro atoms. The minimum Gasteiger partial charge on any atom is -0.508 e. The van der Waals surface area contributed by atoms with Crippen molar-refractivity contribution in [1.82, 2.24) is 4.90 Å². The summed E-state index contributed by atoms with van der Waals surface area (Å²) in [6.07, 6.45) is 6.19. The highest BCUT2D eigenvalue weighted by atomic mass is 16.3. The fourth-order valence-corrected chi connectivity index (χ4v) is 2.05. The Morgan fingerprint density at radius 3 is 1.94 bits per heavy atom. The van der Waals surface area contributed by atoms with E-state index in [2.05, 4.69) is 18.7 Å². The molecule has 18 heavy (non-hydrogen) atoms. The Hall–Kier alpha value is -1.02. The molecule has 0 bridgehead atoms. The topological polar surface area (TPSA) is 23.5 Å². The summed E-state index contributed by atoms with van der Waals surface area (Å²) in [6, 6.07) is 7.59. The summed E-state index contributed by atoms with van der Waals surface area (Å²) >= 11 is 0. The van der Waals surface area contributed by atoms with Crippen molar-refractivity contribution >= 4 is 0 Å². The van der Waals surface area contributed by atoms with Crippen molar-refractivity contribution < 1.29 is 5.11 Å². The molecule has 0 aromatic heterocycles. The molecular formula is C16H27NO. The van der Waals surface area contributed by atoms with Crippen molar-refractivity contribution in [3.8, 4) is 5.75 Å². The van der Waals surface area contributed by atoms with E-state index in [0.29, 0.717) is 5.75 Å². The number of phenols is 1. The molecule has 0 radical (unpaired) electrons. The summed E-state index contributed by atoms with van der Waals surface area (Å²) in [6.45, 7) is 8.06. The summed E-state index contributed by atoms with van der Waals surface area (Å²) in [5.41, 5.74) is 1.31. The van der Waals surface area contributed by atoms with Gasteiger partial charge in [-0.25, -0.2) is 0 Å². The third-order valence-corrected chi connectivity index (χ3v) is 3.31. The van der Waals surface area contributed by atoms with Crippen molar-refractivity contribution in [3.05, 3.63) is 29.8 Å². The van der Waals surface area contributed by atoms with Gasteiger partial charge < -0.3 is 10.0 Å². The highest BCUT2D eigenvalue weighted by molar-refractivity contribution is 5.25. The highest BCUT2D eigenvalue weighted by Crippen LogP contribution is 2.11. The zero-order valence-corrected chi connectivity index (χ0v) is 11.9. The zero-order valence-electron chi connectivity index (χ0n) is 11.9. The van der Waals surface area contributed by atoms with Gasteiger partial charge in [0.2, 0.25) is 0 Å². The van der Waals surface area contributed by atoms with Gasteiger partial charge in [-0.3, -0.25) is 0 Å². The first-order chi connectivity index (χ1) is 8.76. The number of aromatic hydroxyl groups is 1. The molecule has 0 saturated heterocycles. The van der Waals surface area contributed by atoms with Gasteiger partial charge in [-0.1, -0.05) is 38.8 Å². The molecule has 0 heterocycles. The third kappa shape index (κ3) is 6.06. The fourth-order valence-electron chi connectivity index (χ4n) is 2.05. The maximum absolute atomic E-state index is 9.26. The maximum Gasteiger partial charge on any atom is 0.115 e. The van der Waals surface area contributed by atoms with Gasteiger partial charge in [0, 0.05) is 6.54 Å². The predicted molar refractivity (Wildman–Crippen MR) is 78.1 cm³/mol. The molecular weight excluding hydrogens is 222 g/mol. The van der Waals surface area contributed by atoms with Crippen LogP contribution in [0.1, 0.15) is 45.1 Å². The lowest BCUT2D eigenvalue weighted by Gasteiger charge is -2.21. The maximum atomic E-state index is 9.26. The summed E-state index contributed by atoms with van der Waals surface area (Å²) in [7, 11) is 0. The van der Waals surface area contributed by atoms with Crippen LogP contribution in [0.5, 0.6) is 5.75 Å². The second-order valence-electron chi connectivity index (χ2n) is 4.97. The van der Waals surface area contributed by atoms with Crippen LogP contribution >= 0.6 is 0 Å². The SMILES string of the molecule is CCCCN(CCCC)CCc1ccc(O)cc1. The highest BCUT2D eigenvalue weighted by Gasteiger charge is 2.04. The number of nitrogens with zero attached hydrogens (tertiary/aromatic N) is 1. The molecule has 2 nitrogen and oxygen atoms in total. The Morgan fingerprint density at radius 1 is 0.889 bits per heavy atom. The second kappa shape index (κ2) is 8.98. The number of rotatable bonds is 9. The molecule has 0 unspecified atom stereocenters. The minimum absolute atomic E-state index is 0.354. The van der Waals surface area contributed by atoms with Gasteiger partial charge in [-0.05, 0) is 50.0 Å². The average Bonchev–Trinajstić information content (AvgIpc) is 2.40. The van der Waals surface area contributed by atoms with Crippen LogP contribution in [0, 0.1) is 0 Å². The van der Waals surface area contributed by atoms with E-state index in [9.17, 15) is 5.11 Å². The Labute approximate surface area is 112 Å². The lowest BCUT2D eigenvalue weighted by molar-refractivity contribution is 0.268. The van der Waals surface area contributed by atoms with E-state index in [1.54, 1.807) is 12.1 Å². The van der Waals surface area contributed by atoms with Crippen LogP contribution < -0.4 is 0 Å². The van der Waals surface area contributed by atoms with E-state index < -0.39 is 0 Å². The molecule has 1 rings (SSSR count). The first-order valence-corrected chi connectivity index (χ1v) is 7.26. The molecule has 2 heteroatoms. The molecule has 0 aliphatic heterocycles. The summed E-state index contributed by atoms with van der Waals surface area (Å²) < 4.78 is 0. The molecule has 1 aromatic carbocycles. The number of hydrogen-bond acceptors (Lipinski definition) is 2. The quantitative estimate of drug-likeness (QED) is 0.719. The van der Waals surface area contributed by atoms with E-state index >= 15 is 0 Å². The van der Waals surface area contributed by atoms with Crippen LogP contribution in [0.4, 0.5) is 0 Å². The van der Waals surface area contributed by atoms with Crippen molar-refractivity contribution in [3.63, 3.8) is 0 Å². The third-order valence-electron chi connectivity index (χ3n) is 3.31. The number of benzene rings is 1. The van der Waals surface area contributed by atoms with Gasteiger partial charge in [-0.15, -0.1) is 0 Å². The lowest BCUT2D eigenvalue weighted by atomic mass is 10.1. The van der Waals surface area contributed by atoms with E-state index in [4.69, 9.17) is 0 Å². The number of phenolic OH excluding ortho intramolecular Hbond substituents is 1. The van der Waals surface area contributed by atoms with Gasteiger partial charge in [0.05, 0.1) is 0 Å². The Morgan fingerprint density at radius 2 is 1.44 bits per heavy atom. The first-order valence-electron chi connectivity index (χ1n) is 7.26. The molecule has 0 fully saturated rings. The van der Waals surface area contributed by atoms with Crippen LogP contribution in [0.25, 0.3) is 0 Å². The van der Waals surface area contributed by atoms with Gasteiger partial charge in [-0.2, -0.15) is 0 Å². The van der Waals surface area contributed by atoms with E-state index in [1.165, 1.54) is 44.3 Å².